The third-order valence-corrected chi connectivity index (χ3v) is 7.35. The lowest BCUT2D eigenvalue weighted by Gasteiger charge is -2.23. The summed E-state index contributed by atoms with van der Waals surface area (Å²) < 4.78 is 14.8. The summed E-state index contributed by atoms with van der Waals surface area (Å²) in [5.41, 5.74) is 4.86. The topological polar surface area (TPSA) is 64.2 Å². The molecule has 3 rings (SSSR count). The van der Waals surface area contributed by atoms with E-state index in [0.29, 0.717) is 23.3 Å². The number of fused-ring (bicyclic) bond motifs is 1. The van der Waals surface area contributed by atoms with Crippen LogP contribution in [0.1, 0.15) is 74.9 Å². The van der Waals surface area contributed by atoms with Crippen LogP contribution in [0, 0.1) is 5.92 Å². The summed E-state index contributed by atoms with van der Waals surface area (Å²) in [4.78, 5) is 12.6. The minimum absolute atomic E-state index is 0.143. The molecule has 4 nitrogen and oxygen atoms in total. The molecule has 0 aliphatic heterocycles. The van der Waals surface area contributed by atoms with Gasteiger partial charge in [0, 0.05) is 11.3 Å². The van der Waals surface area contributed by atoms with Crippen molar-refractivity contribution in [1.29, 1.82) is 0 Å². The lowest BCUT2D eigenvalue weighted by Crippen LogP contribution is -2.33. The molecule has 0 saturated heterocycles. The SMILES string of the molecule is CC1c2ccc(NC(=O)c3ccc(N[S+]([O-])C(C)(C)C)cc3)cc2C(C)C1C. The fourth-order valence-corrected chi connectivity index (χ4v) is 4.27. The molecule has 2 aromatic rings. The molecule has 2 aromatic carbocycles. The summed E-state index contributed by atoms with van der Waals surface area (Å²) >= 11 is -1.20. The Morgan fingerprint density at radius 3 is 2.11 bits per heavy atom. The quantitative estimate of drug-likeness (QED) is 0.652. The lowest BCUT2D eigenvalue weighted by molar-refractivity contribution is 0.102. The van der Waals surface area contributed by atoms with Crippen LogP contribution in [0.2, 0.25) is 0 Å². The lowest BCUT2D eigenvalue weighted by atomic mass is 9.91. The molecule has 0 spiro atoms. The van der Waals surface area contributed by atoms with Crippen molar-refractivity contribution >= 4 is 28.6 Å². The highest BCUT2D eigenvalue weighted by molar-refractivity contribution is 7.94. The van der Waals surface area contributed by atoms with Crippen molar-refractivity contribution in [3.8, 4) is 0 Å². The van der Waals surface area contributed by atoms with Crippen LogP contribution < -0.4 is 10.0 Å². The molecular formula is C23H30N2O2S. The van der Waals surface area contributed by atoms with Crippen molar-refractivity contribution in [1.82, 2.24) is 0 Å². The molecule has 0 bridgehead atoms. The van der Waals surface area contributed by atoms with Crippen LogP contribution in [0.3, 0.4) is 0 Å². The van der Waals surface area contributed by atoms with E-state index >= 15 is 0 Å². The van der Waals surface area contributed by atoms with Crippen molar-refractivity contribution in [2.24, 2.45) is 5.92 Å². The predicted molar refractivity (Wildman–Crippen MR) is 118 cm³/mol. The van der Waals surface area contributed by atoms with Gasteiger partial charge in [-0.3, -0.25) is 4.79 Å². The van der Waals surface area contributed by atoms with Crippen LogP contribution in [-0.2, 0) is 11.4 Å². The normalized spacial score (nSPS) is 22.5. The molecule has 0 heterocycles. The first-order valence-electron chi connectivity index (χ1n) is 9.81. The van der Waals surface area contributed by atoms with Gasteiger partial charge in [0.15, 0.2) is 0 Å². The number of nitrogens with one attached hydrogen (secondary N) is 2. The maximum atomic E-state index is 12.6. The molecular weight excluding hydrogens is 368 g/mol. The molecule has 0 fully saturated rings. The number of carbonyl (C=O) groups excluding carboxylic acids is 1. The maximum Gasteiger partial charge on any atom is 0.255 e. The minimum Gasteiger partial charge on any atom is -0.593 e. The molecule has 0 saturated carbocycles. The van der Waals surface area contributed by atoms with Crippen LogP contribution in [0.25, 0.3) is 0 Å². The van der Waals surface area contributed by atoms with E-state index in [0.717, 1.165) is 11.4 Å². The predicted octanol–water partition coefficient (Wildman–Crippen LogP) is 5.67. The highest BCUT2D eigenvalue weighted by Gasteiger charge is 2.32. The van der Waals surface area contributed by atoms with Gasteiger partial charge in [0.2, 0.25) is 0 Å². The molecule has 1 aliphatic rings. The highest BCUT2D eigenvalue weighted by atomic mass is 32.2. The van der Waals surface area contributed by atoms with Gasteiger partial charge in [0.05, 0.1) is 17.0 Å². The Bertz CT molecular complexity index is 858. The average Bonchev–Trinajstić information content (AvgIpc) is 2.85. The van der Waals surface area contributed by atoms with Gasteiger partial charge in [0.1, 0.15) is 4.75 Å². The largest absolute Gasteiger partial charge is 0.593 e. The Morgan fingerprint density at radius 2 is 1.50 bits per heavy atom. The Hall–Kier alpha value is -1.98. The van der Waals surface area contributed by atoms with E-state index in [1.807, 2.05) is 26.8 Å². The number of anilines is 2. The summed E-state index contributed by atoms with van der Waals surface area (Å²) in [6.07, 6.45) is 0. The van der Waals surface area contributed by atoms with E-state index in [1.54, 1.807) is 24.3 Å². The van der Waals surface area contributed by atoms with Crippen molar-refractivity contribution in [3.05, 3.63) is 59.2 Å². The summed E-state index contributed by atoms with van der Waals surface area (Å²) in [6, 6.07) is 13.3. The molecule has 4 unspecified atom stereocenters. The molecule has 0 radical (unpaired) electrons. The van der Waals surface area contributed by atoms with Crippen LogP contribution in [0.15, 0.2) is 42.5 Å². The second-order valence-electron chi connectivity index (χ2n) is 8.79. The number of hydrogen-bond donors (Lipinski definition) is 2. The van der Waals surface area contributed by atoms with Crippen LogP contribution in [0.4, 0.5) is 11.4 Å². The fraction of sp³-hybridized carbons (Fsp3) is 0.435. The molecule has 5 heteroatoms. The standard InChI is InChI=1S/C23H30N2O2S/c1-14-15(2)20-12-11-19(13-21(20)16(14)3)24-22(26)17-7-9-18(10-8-17)25-28(27)23(4,5)6/h7-16,25H,1-6H3,(H,24,26). The van der Waals surface area contributed by atoms with Gasteiger partial charge in [-0.25, -0.2) is 4.72 Å². The Labute approximate surface area is 171 Å². The van der Waals surface area contributed by atoms with E-state index in [2.05, 4.69) is 42.9 Å². The second kappa shape index (κ2) is 7.80. The molecule has 1 aliphatic carbocycles. The molecule has 28 heavy (non-hydrogen) atoms. The summed E-state index contributed by atoms with van der Waals surface area (Å²) in [7, 11) is 0. The third-order valence-electron chi connectivity index (χ3n) is 5.82. The number of rotatable bonds is 4. The second-order valence-corrected chi connectivity index (χ2v) is 10.8. The van der Waals surface area contributed by atoms with Gasteiger partial charge in [0.25, 0.3) is 5.91 Å². The molecule has 2 N–H and O–H groups in total. The van der Waals surface area contributed by atoms with Crippen molar-refractivity contribution in [2.75, 3.05) is 10.0 Å². The Kier molecular flexibility index (Phi) is 5.78. The third kappa shape index (κ3) is 4.20. The van der Waals surface area contributed by atoms with Gasteiger partial charge in [-0.1, -0.05) is 26.8 Å². The molecule has 150 valence electrons. The fourth-order valence-electron chi connectivity index (χ4n) is 3.61. The van der Waals surface area contributed by atoms with Gasteiger partial charge in [-0.05, 0) is 86.1 Å². The molecule has 0 aromatic heterocycles. The Balaban J connectivity index is 1.69. The van der Waals surface area contributed by atoms with Crippen molar-refractivity contribution < 1.29 is 9.35 Å². The van der Waals surface area contributed by atoms with Crippen molar-refractivity contribution in [2.45, 2.75) is 58.1 Å². The van der Waals surface area contributed by atoms with E-state index in [1.165, 1.54) is 11.1 Å². The zero-order valence-corrected chi connectivity index (χ0v) is 18.3. The smallest absolute Gasteiger partial charge is 0.255 e. The number of amides is 1. The number of carbonyl (C=O) groups is 1. The minimum atomic E-state index is -1.20. The molecule has 1 amide bonds. The monoisotopic (exact) mass is 398 g/mol. The zero-order valence-electron chi connectivity index (χ0n) is 17.5. The van der Waals surface area contributed by atoms with Gasteiger partial charge < -0.3 is 9.87 Å². The zero-order chi connectivity index (χ0) is 20.6. The van der Waals surface area contributed by atoms with E-state index in [9.17, 15) is 9.35 Å². The first kappa shape index (κ1) is 20.7. The first-order valence-corrected chi connectivity index (χ1v) is 11.0. The highest BCUT2D eigenvalue weighted by Crippen LogP contribution is 2.46. The van der Waals surface area contributed by atoms with E-state index < -0.39 is 11.4 Å². The van der Waals surface area contributed by atoms with Crippen molar-refractivity contribution in [3.63, 3.8) is 0 Å². The van der Waals surface area contributed by atoms with E-state index in [-0.39, 0.29) is 10.7 Å². The summed E-state index contributed by atoms with van der Waals surface area (Å²) in [5.74, 6) is 1.51. The van der Waals surface area contributed by atoms with Crippen LogP contribution in [-0.4, -0.2) is 15.2 Å². The summed E-state index contributed by atoms with van der Waals surface area (Å²) in [5, 5.41) is 3.00. The molecule has 4 atom stereocenters. The Morgan fingerprint density at radius 1 is 0.929 bits per heavy atom. The van der Waals surface area contributed by atoms with Gasteiger partial charge >= 0.3 is 0 Å². The van der Waals surface area contributed by atoms with Gasteiger partial charge in [-0.2, -0.15) is 0 Å². The maximum absolute atomic E-state index is 12.6. The van der Waals surface area contributed by atoms with Gasteiger partial charge in [-0.15, -0.1) is 0 Å². The van der Waals surface area contributed by atoms with Crippen LogP contribution >= 0.6 is 0 Å². The summed E-state index contributed by atoms with van der Waals surface area (Å²) in [6.45, 7) is 12.6. The van der Waals surface area contributed by atoms with E-state index in [4.69, 9.17) is 0 Å². The number of hydrogen-bond acceptors (Lipinski definition) is 3. The number of benzene rings is 2. The first-order chi connectivity index (χ1) is 13.1. The average molecular weight is 399 g/mol. The van der Waals surface area contributed by atoms with Crippen LogP contribution in [0.5, 0.6) is 0 Å².